The van der Waals surface area contributed by atoms with Crippen molar-refractivity contribution < 1.29 is 19.1 Å². The molecule has 6 nitrogen and oxygen atoms in total. The zero-order valence-corrected chi connectivity index (χ0v) is 13.4. The van der Waals surface area contributed by atoms with E-state index in [0.717, 1.165) is 25.7 Å². The standard InChI is InChI=1S/2C6H11NO2.2ClH/c2*1-9-6(8)4-2-3-5(4)7;;/h2*4-5H,2-3,7H2,1H3;2*1H/t2*4-,5+;;/m10../s1. The Hall–Kier alpha value is -0.560. The molecule has 0 unspecified atom stereocenters. The predicted molar refractivity (Wildman–Crippen MR) is 79.9 cm³/mol. The second kappa shape index (κ2) is 10.2. The van der Waals surface area contributed by atoms with E-state index in [2.05, 4.69) is 9.47 Å². The van der Waals surface area contributed by atoms with Crippen molar-refractivity contribution in [2.24, 2.45) is 23.3 Å². The van der Waals surface area contributed by atoms with Crippen LogP contribution in [0.5, 0.6) is 0 Å². The third-order valence-electron chi connectivity index (χ3n) is 3.66. The second-order valence-electron chi connectivity index (χ2n) is 4.74. The molecule has 0 amide bonds. The summed E-state index contributed by atoms with van der Waals surface area (Å²) in [4.78, 5) is 21.4. The van der Waals surface area contributed by atoms with Crippen molar-refractivity contribution in [3.63, 3.8) is 0 Å². The molecule has 4 atom stereocenters. The first-order valence-electron chi connectivity index (χ1n) is 6.18. The fourth-order valence-electron chi connectivity index (χ4n) is 1.94. The van der Waals surface area contributed by atoms with Gasteiger partial charge >= 0.3 is 11.9 Å². The molecule has 0 spiro atoms. The summed E-state index contributed by atoms with van der Waals surface area (Å²) in [5, 5.41) is 0. The molecule has 2 aliphatic carbocycles. The van der Waals surface area contributed by atoms with Gasteiger partial charge in [0.2, 0.25) is 0 Å². The molecule has 2 fully saturated rings. The van der Waals surface area contributed by atoms with Gasteiger partial charge in [-0.1, -0.05) is 0 Å². The maximum Gasteiger partial charge on any atom is 0.310 e. The van der Waals surface area contributed by atoms with Crippen molar-refractivity contribution >= 4 is 36.8 Å². The quantitative estimate of drug-likeness (QED) is 0.720. The van der Waals surface area contributed by atoms with Gasteiger partial charge in [0.15, 0.2) is 0 Å². The van der Waals surface area contributed by atoms with Gasteiger partial charge < -0.3 is 20.9 Å². The number of halogens is 2. The first-order valence-corrected chi connectivity index (χ1v) is 6.18. The Morgan fingerprint density at radius 1 is 0.800 bits per heavy atom. The average Bonchev–Trinajstić information content (AvgIpc) is 2.35. The molecule has 0 bridgehead atoms. The van der Waals surface area contributed by atoms with Gasteiger partial charge in [-0.2, -0.15) is 0 Å². The number of nitrogens with two attached hydrogens (primary N) is 2. The van der Waals surface area contributed by atoms with Crippen molar-refractivity contribution in [3.8, 4) is 0 Å². The molecule has 2 aliphatic rings. The van der Waals surface area contributed by atoms with Gasteiger partial charge in [0.25, 0.3) is 0 Å². The summed E-state index contributed by atoms with van der Waals surface area (Å²) in [6.45, 7) is 0. The SMILES string of the molecule is COC(=O)[C@@H]1CC[C@@H]1N.COC(=O)[C@H]1CC[C@H]1N.Cl.Cl. The minimum Gasteiger partial charge on any atom is -0.469 e. The van der Waals surface area contributed by atoms with E-state index in [1.807, 2.05) is 0 Å². The lowest BCUT2D eigenvalue weighted by molar-refractivity contribution is -0.150. The highest BCUT2D eigenvalue weighted by Crippen LogP contribution is 2.26. The summed E-state index contributed by atoms with van der Waals surface area (Å²) in [5.41, 5.74) is 11.0. The first-order chi connectivity index (χ1) is 8.51. The summed E-state index contributed by atoms with van der Waals surface area (Å²) >= 11 is 0. The lowest BCUT2D eigenvalue weighted by Gasteiger charge is -2.30. The monoisotopic (exact) mass is 330 g/mol. The highest BCUT2D eigenvalue weighted by Gasteiger charge is 2.34. The third-order valence-corrected chi connectivity index (χ3v) is 3.66. The van der Waals surface area contributed by atoms with Crippen LogP contribution in [0, 0.1) is 11.8 Å². The van der Waals surface area contributed by atoms with E-state index in [4.69, 9.17) is 11.5 Å². The van der Waals surface area contributed by atoms with Crippen LogP contribution in [-0.2, 0) is 19.1 Å². The van der Waals surface area contributed by atoms with Crippen LogP contribution in [0.25, 0.3) is 0 Å². The van der Waals surface area contributed by atoms with E-state index in [9.17, 15) is 9.59 Å². The minimum absolute atomic E-state index is 0. The topological polar surface area (TPSA) is 105 Å². The maximum atomic E-state index is 10.7. The number of esters is 2. The highest BCUT2D eigenvalue weighted by molar-refractivity contribution is 5.85. The van der Waals surface area contributed by atoms with Gasteiger partial charge in [-0.15, -0.1) is 24.8 Å². The average molecular weight is 331 g/mol. The van der Waals surface area contributed by atoms with Crippen LogP contribution in [0.15, 0.2) is 0 Å². The Bertz CT molecular complexity index is 288. The van der Waals surface area contributed by atoms with Crippen LogP contribution in [0.1, 0.15) is 25.7 Å². The molecule has 0 aliphatic heterocycles. The number of carbonyl (C=O) groups is 2. The van der Waals surface area contributed by atoms with Gasteiger partial charge in [0.05, 0.1) is 26.1 Å². The number of rotatable bonds is 2. The van der Waals surface area contributed by atoms with Gasteiger partial charge in [0.1, 0.15) is 0 Å². The first kappa shape index (κ1) is 21.7. The number of ether oxygens (including phenoxy) is 2. The second-order valence-corrected chi connectivity index (χ2v) is 4.74. The molecule has 4 N–H and O–H groups in total. The summed E-state index contributed by atoms with van der Waals surface area (Å²) in [6, 6.07) is 0.106. The fourth-order valence-corrected chi connectivity index (χ4v) is 1.94. The number of carbonyl (C=O) groups excluding carboxylic acids is 2. The summed E-state index contributed by atoms with van der Waals surface area (Å²) < 4.78 is 9.01. The molecule has 0 aromatic heterocycles. The van der Waals surface area contributed by atoms with Crippen molar-refractivity contribution in [1.82, 2.24) is 0 Å². The van der Waals surface area contributed by atoms with Crippen LogP contribution in [0.4, 0.5) is 0 Å². The summed E-state index contributed by atoms with van der Waals surface area (Å²) in [7, 11) is 2.79. The molecule has 0 aromatic rings. The van der Waals surface area contributed by atoms with E-state index < -0.39 is 0 Å². The Morgan fingerprint density at radius 3 is 1.15 bits per heavy atom. The van der Waals surface area contributed by atoms with Crippen molar-refractivity contribution in [2.75, 3.05) is 14.2 Å². The van der Waals surface area contributed by atoms with Gasteiger partial charge in [-0.25, -0.2) is 0 Å². The van der Waals surface area contributed by atoms with E-state index in [1.165, 1.54) is 14.2 Å². The lowest BCUT2D eigenvalue weighted by Crippen LogP contribution is -2.44. The minimum atomic E-state index is -0.159. The molecule has 8 heteroatoms. The molecule has 0 heterocycles. The zero-order valence-electron chi connectivity index (χ0n) is 11.7. The van der Waals surface area contributed by atoms with Crippen molar-refractivity contribution in [2.45, 2.75) is 37.8 Å². The molecule has 2 saturated carbocycles. The van der Waals surface area contributed by atoms with Gasteiger partial charge in [0, 0.05) is 12.1 Å². The van der Waals surface area contributed by atoms with Crippen molar-refractivity contribution in [1.29, 1.82) is 0 Å². The Morgan fingerprint density at radius 2 is 1.10 bits per heavy atom. The Kier molecular flexibility index (Phi) is 11.1. The Balaban J connectivity index is 0. The molecular formula is C12H24Cl2N2O4. The van der Waals surface area contributed by atoms with Crippen LogP contribution in [-0.4, -0.2) is 38.2 Å². The molecule has 0 aromatic carbocycles. The number of hydrogen-bond acceptors (Lipinski definition) is 6. The van der Waals surface area contributed by atoms with Crippen molar-refractivity contribution in [3.05, 3.63) is 0 Å². The van der Waals surface area contributed by atoms with E-state index in [0.29, 0.717) is 0 Å². The number of methoxy groups -OCH3 is 2. The molecule has 2 rings (SSSR count). The highest BCUT2D eigenvalue weighted by atomic mass is 35.5. The fraction of sp³-hybridized carbons (Fsp3) is 0.833. The molecule has 0 radical (unpaired) electrons. The van der Waals surface area contributed by atoms with E-state index >= 15 is 0 Å². The predicted octanol–water partition coefficient (Wildman–Crippen LogP) is 0.637. The van der Waals surface area contributed by atoms with E-state index in [-0.39, 0.29) is 60.7 Å². The smallest absolute Gasteiger partial charge is 0.310 e. The van der Waals surface area contributed by atoms with Crippen LogP contribution < -0.4 is 11.5 Å². The molecule has 20 heavy (non-hydrogen) atoms. The number of hydrogen-bond donors (Lipinski definition) is 2. The maximum absolute atomic E-state index is 10.7. The van der Waals surface area contributed by atoms with Crippen LogP contribution >= 0.6 is 24.8 Å². The molecular weight excluding hydrogens is 307 g/mol. The largest absolute Gasteiger partial charge is 0.469 e. The molecule has 0 saturated heterocycles. The summed E-state index contributed by atoms with van der Waals surface area (Å²) in [5.74, 6) is -0.354. The normalized spacial score (nSPS) is 29.8. The third kappa shape index (κ3) is 5.44. The van der Waals surface area contributed by atoms with E-state index in [1.54, 1.807) is 0 Å². The van der Waals surface area contributed by atoms with Gasteiger partial charge in [-0.05, 0) is 25.7 Å². The zero-order chi connectivity index (χ0) is 13.7. The van der Waals surface area contributed by atoms with Crippen LogP contribution in [0.3, 0.4) is 0 Å². The molecule has 120 valence electrons. The summed E-state index contributed by atoms with van der Waals surface area (Å²) in [6.07, 6.45) is 3.71. The van der Waals surface area contributed by atoms with Gasteiger partial charge in [-0.3, -0.25) is 9.59 Å². The Labute approximate surface area is 131 Å². The van der Waals surface area contributed by atoms with Crippen LogP contribution in [0.2, 0.25) is 0 Å². The lowest BCUT2D eigenvalue weighted by atomic mass is 9.80.